The van der Waals surface area contributed by atoms with Gasteiger partial charge in [0.25, 0.3) is 0 Å². The number of aromatic nitrogens is 1. The summed E-state index contributed by atoms with van der Waals surface area (Å²) in [6, 6.07) is 8.78. The maximum Gasteiger partial charge on any atom is 0.0645 e. The molecule has 0 unspecified atom stereocenters. The summed E-state index contributed by atoms with van der Waals surface area (Å²) >= 11 is 0. The minimum atomic E-state index is 0.703. The largest absolute Gasteiger partial charge is 0.380 e. The zero-order valence-electron chi connectivity index (χ0n) is 12.3. The molecule has 0 spiro atoms. The Kier molecular flexibility index (Phi) is 4.38. The van der Waals surface area contributed by atoms with Crippen molar-refractivity contribution in [1.82, 2.24) is 9.88 Å². The number of fused-ring (bicyclic) bond motifs is 1. The molecule has 1 fully saturated rings. The van der Waals surface area contributed by atoms with Crippen molar-refractivity contribution in [3.8, 4) is 0 Å². The normalized spacial score (nSPS) is 16.9. The van der Waals surface area contributed by atoms with E-state index in [4.69, 9.17) is 4.74 Å². The molecule has 1 aliphatic heterocycles. The summed E-state index contributed by atoms with van der Waals surface area (Å²) in [5.41, 5.74) is 2.87. The second-order valence-electron chi connectivity index (χ2n) is 5.52. The number of hydrogen-bond donors (Lipinski definition) is 1. The number of nitrogens with one attached hydrogen (secondary N) is 1. The van der Waals surface area contributed by atoms with Crippen molar-refractivity contribution in [2.24, 2.45) is 0 Å². The Hall–Kier alpha value is -1.32. The lowest BCUT2D eigenvalue weighted by molar-refractivity contribution is 0.140. The van der Waals surface area contributed by atoms with Gasteiger partial charge in [-0.15, -0.1) is 0 Å². The SMILES string of the molecule is CCOCCn1cc(C2CCNCC2)c2ccccc21. The first-order valence-electron chi connectivity index (χ1n) is 7.76. The highest BCUT2D eigenvalue weighted by Crippen LogP contribution is 2.32. The van der Waals surface area contributed by atoms with E-state index in [1.807, 2.05) is 6.92 Å². The van der Waals surface area contributed by atoms with Crippen LogP contribution < -0.4 is 5.32 Å². The van der Waals surface area contributed by atoms with Crippen molar-refractivity contribution in [1.29, 1.82) is 0 Å². The molecule has 0 atom stereocenters. The first-order chi connectivity index (χ1) is 9.90. The van der Waals surface area contributed by atoms with Gasteiger partial charge in [0.1, 0.15) is 0 Å². The van der Waals surface area contributed by atoms with E-state index >= 15 is 0 Å². The van der Waals surface area contributed by atoms with E-state index in [2.05, 4.69) is 40.3 Å². The van der Waals surface area contributed by atoms with Gasteiger partial charge in [-0.2, -0.15) is 0 Å². The number of nitrogens with zero attached hydrogens (tertiary/aromatic N) is 1. The standard InChI is InChI=1S/C17H24N2O/c1-2-20-12-11-19-13-16(14-7-9-18-10-8-14)15-5-3-4-6-17(15)19/h3-6,13-14,18H,2,7-12H2,1H3. The van der Waals surface area contributed by atoms with Crippen molar-refractivity contribution in [3.05, 3.63) is 36.0 Å². The fourth-order valence-corrected chi connectivity index (χ4v) is 3.23. The zero-order chi connectivity index (χ0) is 13.8. The van der Waals surface area contributed by atoms with E-state index in [0.717, 1.165) is 32.8 Å². The van der Waals surface area contributed by atoms with Gasteiger partial charge in [0.2, 0.25) is 0 Å². The fourth-order valence-electron chi connectivity index (χ4n) is 3.23. The fraction of sp³-hybridized carbons (Fsp3) is 0.529. The lowest BCUT2D eigenvalue weighted by Crippen LogP contribution is -2.26. The van der Waals surface area contributed by atoms with Crippen molar-refractivity contribution >= 4 is 10.9 Å². The average Bonchev–Trinajstić information content (AvgIpc) is 2.88. The molecule has 2 heterocycles. The molecule has 1 aromatic heterocycles. The highest BCUT2D eigenvalue weighted by Gasteiger charge is 2.19. The first kappa shape index (κ1) is 13.7. The van der Waals surface area contributed by atoms with Gasteiger partial charge in [0, 0.05) is 30.3 Å². The molecule has 20 heavy (non-hydrogen) atoms. The van der Waals surface area contributed by atoms with E-state index in [0.29, 0.717) is 5.92 Å². The summed E-state index contributed by atoms with van der Waals surface area (Å²) in [5.74, 6) is 0.703. The van der Waals surface area contributed by atoms with Gasteiger partial charge in [-0.05, 0) is 50.4 Å². The molecule has 3 rings (SSSR count). The third-order valence-corrected chi connectivity index (χ3v) is 4.28. The Morgan fingerprint density at radius 1 is 1.25 bits per heavy atom. The molecule has 1 saturated heterocycles. The van der Waals surface area contributed by atoms with Gasteiger partial charge >= 0.3 is 0 Å². The number of piperidine rings is 1. The van der Waals surface area contributed by atoms with Crippen LogP contribution in [0.3, 0.4) is 0 Å². The van der Waals surface area contributed by atoms with Crippen LogP contribution >= 0.6 is 0 Å². The molecular formula is C17H24N2O. The molecule has 0 amide bonds. The van der Waals surface area contributed by atoms with Gasteiger partial charge in [0.15, 0.2) is 0 Å². The van der Waals surface area contributed by atoms with E-state index in [9.17, 15) is 0 Å². The number of para-hydroxylation sites is 1. The quantitative estimate of drug-likeness (QED) is 0.846. The van der Waals surface area contributed by atoms with Crippen molar-refractivity contribution in [3.63, 3.8) is 0 Å². The lowest BCUT2D eigenvalue weighted by atomic mass is 9.90. The molecule has 2 aromatic rings. The molecule has 1 aromatic carbocycles. The second-order valence-corrected chi connectivity index (χ2v) is 5.52. The Balaban J connectivity index is 1.91. The summed E-state index contributed by atoms with van der Waals surface area (Å²) < 4.78 is 7.87. The molecule has 0 bridgehead atoms. The lowest BCUT2D eigenvalue weighted by Gasteiger charge is -2.22. The molecular weight excluding hydrogens is 248 g/mol. The summed E-state index contributed by atoms with van der Waals surface area (Å²) in [5, 5.41) is 4.88. The maximum atomic E-state index is 5.51. The number of ether oxygens (including phenoxy) is 1. The first-order valence-corrected chi connectivity index (χ1v) is 7.76. The molecule has 0 radical (unpaired) electrons. The van der Waals surface area contributed by atoms with Crippen LogP contribution in [0.1, 0.15) is 31.2 Å². The topological polar surface area (TPSA) is 26.2 Å². The van der Waals surface area contributed by atoms with Gasteiger partial charge in [0.05, 0.1) is 6.61 Å². The van der Waals surface area contributed by atoms with E-state index in [1.165, 1.54) is 29.3 Å². The minimum absolute atomic E-state index is 0.703. The molecule has 3 nitrogen and oxygen atoms in total. The Morgan fingerprint density at radius 2 is 2.05 bits per heavy atom. The van der Waals surface area contributed by atoms with E-state index < -0.39 is 0 Å². The van der Waals surface area contributed by atoms with Crippen LogP contribution in [0.4, 0.5) is 0 Å². The Labute approximate surface area is 120 Å². The highest BCUT2D eigenvalue weighted by molar-refractivity contribution is 5.84. The van der Waals surface area contributed by atoms with Gasteiger partial charge in [-0.1, -0.05) is 18.2 Å². The summed E-state index contributed by atoms with van der Waals surface area (Å²) in [6.45, 7) is 6.86. The molecule has 0 saturated carbocycles. The number of hydrogen-bond acceptors (Lipinski definition) is 2. The number of rotatable bonds is 5. The summed E-state index contributed by atoms with van der Waals surface area (Å²) in [4.78, 5) is 0. The third kappa shape index (κ3) is 2.74. The smallest absolute Gasteiger partial charge is 0.0645 e. The second kappa shape index (κ2) is 6.42. The summed E-state index contributed by atoms with van der Waals surface area (Å²) in [6.07, 6.45) is 4.86. The predicted octanol–water partition coefficient (Wildman–Crippen LogP) is 3.14. The third-order valence-electron chi connectivity index (χ3n) is 4.28. The number of benzene rings is 1. The highest BCUT2D eigenvalue weighted by atomic mass is 16.5. The van der Waals surface area contributed by atoms with Crippen LogP contribution in [0, 0.1) is 0 Å². The minimum Gasteiger partial charge on any atom is -0.380 e. The van der Waals surface area contributed by atoms with Crippen LogP contribution in [0.2, 0.25) is 0 Å². The van der Waals surface area contributed by atoms with Crippen LogP contribution in [0.5, 0.6) is 0 Å². The predicted molar refractivity (Wildman–Crippen MR) is 83.3 cm³/mol. The molecule has 0 aliphatic carbocycles. The van der Waals surface area contributed by atoms with Crippen molar-refractivity contribution in [2.45, 2.75) is 32.2 Å². The van der Waals surface area contributed by atoms with Crippen LogP contribution in [-0.2, 0) is 11.3 Å². The van der Waals surface area contributed by atoms with Crippen LogP contribution in [0.15, 0.2) is 30.5 Å². The van der Waals surface area contributed by atoms with Gasteiger partial charge < -0.3 is 14.6 Å². The Bertz CT molecular complexity index is 555. The van der Waals surface area contributed by atoms with Crippen LogP contribution in [0.25, 0.3) is 10.9 Å². The van der Waals surface area contributed by atoms with Crippen molar-refractivity contribution < 1.29 is 4.74 Å². The van der Waals surface area contributed by atoms with Gasteiger partial charge in [-0.3, -0.25) is 0 Å². The molecule has 108 valence electrons. The van der Waals surface area contributed by atoms with E-state index in [1.54, 1.807) is 0 Å². The average molecular weight is 272 g/mol. The monoisotopic (exact) mass is 272 g/mol. The Morgan fingerprint density at radius 3 is 2.85 bits per heavy atom. The zero-order valence-corrected chi connectivity index (χ0v) is 12.3. The molecule has 3 heteroatoms. The molecule has 1 N–H and O–H groups in total. The van der Waals surface area contributed by atoms with Crippen molar-refractivity contribution in [2.75, 3.05) is 26.3 Å². The molecule has 1 aliphatic rings. The van der Waals surface area contributed by atoms with E-state index in [-0.39, 0.29) is 0 Å². The van der Waals surface area contributed by atoms with Crippen LogP contribution in [-0.4, -0.2) is 30.9 Å². The summed E-state index contributed by atoms with van der Waals surface area (Å²) in [7, 11) is 0. The maximum absolute atomic E-state index is 5.51. The van der Waals surface area contributed by atoms with Gasteiger partial charge in [-0.25, -0.2) is 0 Å².